The average Bonchev–Trinajstić information content (AvgIpc) is 2.50. The lowest BCUT2D eigenvalue weighted by atomic mass is 9.74. The summed E-state index contributed by atoms with van der Waals surface area (Å²) in [7, 11) is 0. The molecule has 0 amide bonds. The van der Waals surface area contributed by atoms with E-state index in [1.165, 1.54) is 16.7 Å². The SMILES string of the molecule is CC1C(c2ccc(O)cc2)=CCCC1c1ccc(O)cc1. The summed E-state index contributed by atoms with van der Waals surface area (Å²) in [5.74, 6) is 1.52. The van der Waals surface area contributed by atoms with Gasteiger partial charge in [0.25, 0.3) is 0 Å². The van der Waals surface area contributed by atoms with Gasteiger partial charge in [0, 0.05) is 0 Å². The van der Waals surface area contributed by atoms with E-state index in [0.717, 1.165) is 12.8 Å². The van der Waals surface area contributed by atoms with Gasteiger partial charge in [-0.2, -0.15) is 0 Å². The summed E-state index contributed by atoms with van der Waals surface area (Å²) < 4.78 is 0. The fraction of sp³-hybridized carbons (Fsp3) is 0.263. The van der Waals surface area contributed by atoms with E-state index in [0.29, 0.717) is 23.3 Å². The molecule has 2 unspecified atom stereocenters. The zero-order chi connectivity index (χ0) is 14.8. The molecule has 2 aromatic rings. The molecule has 0 bridgehead atoms. The lowest BCUT2D eigenvalue weighted by molar-refractivity contribution is 0.472. The summed E-state index contributed by atoms with van der Waals surface area (Å²) in [6.07, 6.45) is 4.51. The van der Waals surface area contributed by atoms with Crippen LogP contribution in [0, 0.1) is 5.92 Å². The quantitative estimate of drug-likeness (QED) is 0.837. The van der Waals surface area contributed by atoms with E-state index in [1.807, 2.05) is 24.3 Å². The Morgan fingerprint density at radius 2 is 1.43 bits per heavy atom. The Hall–Kier alpha value is -2.22. The molecule has 2 aromatic carbocycles. The standard InChI is InChI=1S/C19H20O2/c1-13-18(14-5-9-16(20)10-6-14)3-2-4-19(13)15-7-11-17(21)12-8-15/h3,5-13,19-21H,2,4H2,1H3. The second-order valence-electron chi connectivity index (χ2n) is 5.77. The molecule has 2 N–H and O–H groups in total. The first-order valence-corrected chi connectivity index (χ1v) is 7.43. The summed E-state index contributed by atoms with van der Waals surface area (Å²) >= 11 is 0. The van der Waals surface area contributed by atoms with Crippen LogP contribution in [0.15, 0.2) is 54.6 Å². The highest BCUT2D eigenvalue weighted by atomic mass is 16.3. The Bertz CT molecular complexity index is 638. The van der Waals surface area contributed by atoms with Gasteiger partial charge < -0.3 is 10.2 Å². The Morgan fingerprint density at radius 1 is 0.857 bits per heavy atom. The number of hydrogen-bond acceptors (Lipinski definition) is 2. The maximum absolute atomic E-state index is 9.44. The third kappa shape index (κ3) is 2.80. The first-order chi connectivity index (χ1) is 10.1. The van der Waals surface area contributed by atoms with Gasteiger partial charge in [0.15, 0.2) is 0 Å². The fourth-order valence-electron chi connectivity index (χ4n) is 3.28. The molecular weight excluding hydrogens is 260 g/mol. The Balaban J connectivity index is 1.89. The van der Waals surface area contributed by atoms with E-state index in [1.54, 1.807) is 24.3 Å². The van der Waals surface area contributed by atoms with Crippen molar-refractivity contribution < 1.29 is 10.2 Å². The number of allylic oxidation sites excluding steroid dienone is 2. The van der Waals surface area contributed by atoms with Gasteiger partial charge in [-0.15, -0.1) is 0 Å². The Kier molecular flexibility index (Phi) is 3.70. The van der Waals surface area contributed by atoms with Crippen LogP contribution in [0.3, 0.4) is 0 Å². The number of benzene rings is 2. The molecule has 3 rings (SSSR count). The van der Waals surface area contributed by atoms with Gasteiger partial charge in [-0.3, -0.25) is 0 Å². The van der Waals surface area contributed by atoms with Gasteiger partial charge in [-0.05, 0) is 65.6 Å². The second-order valence-corrected chi connectivity index (χ2v) is 5.77. The van der Waals surface area contributed by atoms with Crippen molar-refractivity contribution in [1.29, 1.82) is 0 Å². The van der Waals surface area contributed by atoms with E-state index < -0.39 is 0 Å². The van der Waals surface area contributed by atoms with Crippen LogP contribution < -0.4 is 0 Å². The van der Waals surface area contributed by atoms with Gasteiger partial charge in [-0.1, -0.05) is 37.3 Å². The van der Waals surface area contributed by atoms with Crippen molar-refractivity contribution in [3.63, 3.8) is 0 Å². The zero-order valence-corrected chi connectivity index (χ0v) is 12.2. The van der Waals surface area contributed by atoms with Crippen LogP contribution in [0.5, 0.6) is 11.5 Å². The number of phenols is 2. The molecule has 0 radical (unpaired) electrons. The molecule has 1 aliphatic carbocycles. The predicted octanol–water partition coefficient (Wildman–Crippen LogP) is 4.69. The first-order valence-electron chi connectivity index (χ1n) is 7.43. The molecule has 0 heterocycles. The second kappa shape index (κ2) is 5.65. The first kappa shape index (κ1) is 13.7. The molecule has 1 aliphatic rings. The smallest absolute Gasteiger partial charge is 0.115 e. The summed E-state index contributed by atoms with van der Waals surface area (Å²) in [6, 6.07) is 15.0. The van der Waals surface area contributed by atoms with Crippen molar-refractivity contribution >= 4 is 5.57 Å². The van der Waals surface area contributed by atoms with Gasteiger partial charge >= 0.3 is 0 Å². The summed E-state index contributed by atoms with van der Waals surface area (Å²) in [5, 5.41) is 18.9. The number of phenolic OH excluding ortho intramolecular Hbond substituents is 2. The third-order valence-corrected chi connectivity index (χ3v) is 4.46. The zero-order valence-electron chi connectivity index (χ0n) is 12.2. The molecule has 0 saturated carbocycles. The van der Waals surface area contributed by atoms with Crippen LogP contribution in [0.4, 0.5) is 0 Å². The van der Waals surface area contributed by atoms with Crippen LogP contribution in [0.1, 0.15) is 36.8 Å². The normalized spacial score (nSPS) is 21.9. The highest BCUT2D eigenvalue weighted by molar-refractivity contribution is 5.69. The molecule has 108 valence electrons. The number of rotatable bonds is 2. The predicted molar refractivity (Wildman–Crippen MR) is 85.3 cm³/mol. The van der Waals surface area contributed by atoms with E-state index in [-0.39, 0.29) is 0 Å². The van der Waals surface area contributed by atoms with Gasteiger partial charge in [0.2, 0.25) is 0 Å². The van der Waals surface area contributed by atoms with Crippen LogP contribution in [0.25, 0.3) is 5.57 Å². The van der Waals surface area contributed by atoms with E-state index >= 15 is 0 Å². The summed E-state index contributed by atoms with van der Waals surface area (Å²) in [4.78, 5) is 0. The van der Waals surface area contributed by atoms with Crippen molar-refractivity contribution in [3.05, 3.63) is 65.7 Å². The Morgan fingerprint density at radius 3 is 2.05 bits per heavy atom. The number of aromatic hydroxyl groups is 2. The summed E-state index contributed by atoms with van der Waals surface area (Å²) in [5.41, 5.74) is 3.81. The lowest BCUT2D eigenvalue weighted by Crippen LogP contribution is -2.15. The van der Waals surface area contributed by atoms with Crippen molar-refractivity contribution in [3.8, 4) is 11.5 Å². The highest BCUT2D eigenvalue weighted by Gasteiger charge is 2.26. The fourth-order valence-corrected chi connectivity index (χ4v) is 3.28. The van der Waals surface area contributed by atoms with E-state index in [4.69, 9.17) is 0 Å². The van der Waals surface area contributed by atoms with Crippen molar-refractivity contribution in [2.45, 2.75) is 25.7 Å². The maximum atomic E-state index is 9.44. The van der Waals surface area contributed by atoms with Crippen LogP contribution in [0.2, 0.25) is 0 Å². The minimum atomic E-state index is 0.304. The minimum absolute atomic E-state index is 0.304. The Labute approximate surface area is 125 Å². The molecule has 2 nitrogen and oxygen atoms in total. The molecule has 0 fully saturated rings. The van der Waals surface area contributed by atoms with Crippen LogP contribution >= 0.6 is 0 Å². The van der Waals surface area contributed by atoms with Gasteiger partial charge in [0.1, 0.15) is 11.5 Å². The summed E-state index contributed by atoms with van der Waals surface area (Å²) in [6.45, 7) is 2.26. The molecule has 2 atom stereocenters. The van der Waals surface area contributed by atoms with Crippen LogP contribution in [-0.2, 0) is 0 Å². The molecule has 21 heavy (non-hydrogen) atoms. The molecule has 0 saturated heterocycles. The third-order valence-electron chi connectivity index (χ3n) is 4.46. The molecular formula is C19H20O2. The van der Waals surface area contributed by atoms with Crippen molar-refractivity contribution in [2.24, 2.45) is 5.92 Å². The van der Waals surface area contributed by atoms with Crippen molar-refractivity contribution in [2.75, 3.05) is 0 Å². The molecule has 0 aromatic heterocycles. The maximum Gasteiger partial charge on any atom is 0.115 e. The lowest BCUT2D eigenvalue weighted by Gasteiger charge is -2.31. The average molecular weight is 280 g/mol. The molecule has 2 heteroatoms. The van der Waals surface area contributed by atoms with Crippen LogP contribution in [-0.4, -0.2) is 10.2 Å². The number of hydrogen-bond donors (Lipinski definition) is 2. The molecule has 0 aliphatic heterocycles. The van der Waals surface area contributed by atoms with E-state index in [2.05, 4.69) is 13.0 Å². The van der Waals surface area contributed by atoms with Crippen molar-refractivity contribution in [1.82, 2.24) is 0 Å². The topological polar surface area (TPSA) is 40.5 Å². The van der Waals surface area contributed by atoms with Gasteiger partial charge in [-0.25, -0.2) is 0 Å². The molecule has 0 spiro atoms. The monoisotopic (exact) mass is 280 g/mol. The minimum Gasteiger partial charge on any atom is -0.508 e. The highest BCUT2D eigenvalue weighted by Crippen LogP contribution is 2.42. The van der Waals surface area contributed by atoms with Gasteiger partial charge in [0.05, 0.1) is 0 Å². The van der Waals surface area contributed by atoms with E-state index in [9.17, 15) is 10.2 Å². The largest absolute Gasteiger partial charge is 0.508 e.